The van der Waals surface area contributed by atoms with E-state index < -0.39 is 0 Å². The molecule has 2 aliphatic rings. The van der Waals surface area contributed by atoms with Gasteiger partial charge in [-0.1, -0.05) is 6.07 Å². The Morgan fingerprint density at radius 1 is 1.23 bits per heavy atom. The van der Waals surface area contributed by atoms with E-state index in [0.717, 1.165) is 38.2 Å². The van der Waals surface area contributed by atoms with E-state index in [1.54, 1.807) is 30.7 Å². The first-order chi connectivity index (χ1) is 12.7. The molecule has 2 aliphatic heterocycles. The summed E-state index contributed by atoms with van der Waals surface area (Å²) in [6, 6.07) is 7.52. The molecule has 2 aromatic heterocycles. The van der Waals surface area contributed by atoms with Crippen LogP contribution in [0.25, 0.3) is 0 Å². The molecule has 0 saturated carbocycles. The summed E-state index contributed by atoms with van der Waals surface area (Å²) in [5.41, 5.74) is 1.93. The molecule has 0 unspecified atom stereocenters. The van der Waals surface area contributed by atoms with E-state index in [4.69, 9.17) is 4.74 Å². The molecule has 2 saturated heterocycles. The fraction of sp³-hybridized carbons (Fsp3) is 0.450. The predicted molar refractivity (Wildman–Crippen MR) is 97.5 cm³/mol. The van der Waals surface area contributed by atoms with Crippen LogP contribution in [0.3, 0.4) is 0 Å². The first-order valence-electron chi connectivity index (χ1n) is 9.03. The smallest absolute Gasteiger partial charge is 0.254 e. The third-order valence-corrected chi connectivity index (χ3v) is 5.54. The van der Waals surface area contributed by atoms with Crippen LogP contribution < -0.4 is 0 Å². The summed E-state index contributed by atoms with van der Waals surface area (Å²) >= 11 is 0. The molecule has 2 fully saturated rings. The summed E-state index contributed by atoms with van der Waals surface area (Å²) in [4.78, 5) is 25.0. The molecule has 136 valence electrons. The third-order valence-electron chi connectivity index (χ3n) is 5.54. The van der Waals surface area contributed by atoms with Gasteiger partial charge < -0.3 is 9.64 Å². The van der Waals surface area contributed by atoms with Gasteiger partial charge in [-0.15, -0.1) is 0 Å². The van der Waals surface area contributed by atoms with Crippen LogP contribution in [0.5, 0.6) is 0 Å². The molecule has 1 spiro atoms. The van der Waals surface area contributed by atoms with Crippen LogP contribution in [0, 0.1) is 5.92 Å². The Bertz CT molecular complexity index is 747. The second-order valence-electron chi connectivity index (χ2n) is 7.45. The summed E-state index contributed by atoms with van der Waals surface area (Å²) in [6.45, 7) is 3.96. The lowest BCUT2D eigenvalue weighted by molar-refractivity contribution is -0.00805. The number of hydrogen-bond donors (Lipinski definition) is 0. The Kier molecular flexibility index (Phi) is 4.70. The van der Waals surface area contributed by atoms with Crippen LogP contribution in [0.2, 0.25) is 0 Å². The lowest BCUT2D eigenvalue weighted by Crippen LogP contribution is -2.68. The third kappa shape index (κ3) is 3.34. The second kappa shape index (κ2) is 7.13. The number of nitrogens with zero attached hydrogens (tertiary/aromatic N) is 4. The quantitative estimate of drug-likeness (QED) is 0.822. The van der Waals surface area contributed by atoms with Crippen molar-refractivity contribution in [3.63, 3.8) is 0 Å². The zero-order valence-electron chi connectivity index (χ0n) is 15.0. The van der Waals surface area contributed by atoms with Gasteiger partial charge in [0.15, 0.2) is 0 Å². The van der Waals surface area contributed by atoms with E-state index in [9.17, 15) is 4.79 Å². The fourth-order valence-corrected chi connectivity index (χ4v) is 4.13. The molecule has 0 N–H and O–H groups in total. The topological polar surface area (TPSA) is 58.6 Å². The van der Waals surface area contributed by atoms with Crippen LogP contribution in [0.4, 0.5) is 0 Å². The SMILES string of the molecule is CN1C[C@H](COCc2cccnc2)CC12CN(C(=O)c1ccncc1)C2. The van der Waals surface area contributed by atoms with Crippen molar-refractivity contribution in [1.29, 1.82) is 0 Å². The van der Waals surface area contributed by atoms with Crippen LogP contribution in [-0.2, 0) is 11.3 Å². The summed E-state index contributed by atoms with van der Waals surface area (Å²) < 4.78 is 5.90. The number of carbonyl (C=O) groups is 1. The number of pyridine rings is 2. The van der Waals surface area contributed by atoms with Crippen molar-refractivity contribution < 1.29 is 9.53 Å². The molecular formula is C20H24N4O2. The van der Waals surface area contributed by atoms with Gasteiger partial charge in [0.1, 0.15) is 0 Å². The average molecular weight is 352 g/mol. The van der Waals surface area contributed by atoms with E-state index in [-0.39, 0.29) is 11.4 Å². The van der Waals surface area contributed by atoms with Crippen molar-refractivity contribution in [3.05, 3.63) is 60.2 Å². The number of likely N-dealkylation sites (tertiary alicyclic amines) is 2. The van der Waals surface area contributed by atoms with Gasteiger partial charge in [-0.3, -0.25) is 19.7 Å². The average Bonchev–Trinajstić information content (AvgIpc) is 2.98. The Morgan fingerprint density at radius 2 is 2.04 bits per heavy atom. The molecule has 2 aromatic rings. The minimum Gasteiger partial charge on any atom is -0.376 e. The van der Waals surface area contributed by atoms with E-state index >= 15 is 0 Å². The van der Waals surface area contributed by atoms with Gasteiger partial charge in [0.05, 0.1) is 18.8 Å². The first kappa shape index (κ1) is 17.1. The van der Waals surface area contributed by atoms with Crippen molar-refractivity contribution in [3.8, 4) is 0 Å². The van der Waals surface area contributed by atoms with E-state index in [1.807, 2.05) is 23.2 Å². The highest BCUT2D eigenvalue weighted by Gasteiger charge is 2.53. The maximum atomic E-state index is 12.5. The molecule has 6 nitrogen and oxygen atoms in total. The Hall–Kier alpha value is -2.31. The van der Waals surface area contributed by atoms with Crippen molar-refractivity contribution in [2.24, 2.45) is 5.92 Å². The van der Waals surface area contributed by atoms with Crippen LogP contribution in [0.15, 0.2) is 49.1 Å². The summed E-state index contributed by atoms with van der Waals surface area (Å²) in [5, 5.41) is 0. The molecule has 0 aromatic carbocycles. The molecule has 0 bridgehead atoms. The lowest BCUT2D eigenvalue weighted by Gasteiger charge is -2.52. The van der Waals surface area contributed by atoms with Gasteiger partial charge >= 0.3 is 0 Å². The van der Waals surface area contributed by atoms with Crippen molar-refractivity contribution in [2.45, 2.75) is 18.6 Å². The maximum absolute atomic E-state index is 12.5. The number of likely N-dealkylation sites (N-methyl/N-ethyl adjacent to an activating group) is 1. The summed E-state index contributed by atoms with van der Waals surface area (Å²) in [6.07, 6.45) is 8.03. The maximum Gasteiger partial charge on any atom is 0.254 e. The number of rotatable bonds is 5. The molecule has 1 atom stereocenters. The van der Waals surface area contributed by atoms with Gasteiger partial charge in [-0.25, -0.2) is 0 Å². The van der Waals surface area contributed by atoms with Gasteiger partial charge in [-0.2, -0.15) is 0 Å². The zero-order chi connectivity index (χ0) is 18.0. The zero-order valence-corrected chi connectivity index (χ0v) is 15.0. The highest BCUT2D eigenvalue weighted by molar-refractivity contribution is 5.94. The number of hydrogen-bond acceptors (Lipinski definition) is 5. The number of amides is 1. The van der Waals surface area contributed by atoms with Crippen LogP contribution in [-0.4, -0.2) is 64.5 Å². The highest BCUT2D eigenvalue weighted by atomic mass is 16.5. The lowest BCUT2D eigenvalue weighted by atomic mass is 9.84. The molecule has 26 heavy (non-hydrogen) atoms. The highest BCUT2D eigenvalue weighted by Crippen LogP contribution is 2.40. The molecular weight excluding hydrogens is 328 g/mol. The molecule has 4 heterocycles. The minimum atomic E-state index is 0.0997. The predicted octanol–water partition coefficient (Wildman–Crippen LogP) is 1.84. The van der Waals surface area contributed by atoms with Crippen molar-refractivity contribution in [1.82, 2.24) is 19.8 Å². The Labute approximate surface area is 153 Å². The molecule has 0 aliphatic carbocycles. The summed E-state index contributed by atoms with van der Waals surface area (Å²) in [5.74, 6) is 0.609. The van der Waals surface area contributed by atoms with Crippen LogP contribution in [0.1, 0.15) is 22.3 Å². The summed E-state index contributed by atoms with van der Waals surface area (Å²) in [7, 11) is 2.16. The standard InChI is InChI=1S/C20H24N4O2/c1-23-11-17(13-26-12-16-3-2-6-22-10-16)9-20(23)14-24(15-20)19(25)18-4-7-21-8-5-18/h2-8,10,17H,9,11-15H2,1H3/t17-/m1/s1. The normalized spacial score (nSPS) is 21.7. The molecule has 1 amide bonds. The largest absolute Gasteiger partial charge is 0.376 e. The number of aromatic nitrogens is 2. The Morgan fingerprint density at radius 3 is 2.77 bits per heavy atom. The molecule has 4 rings (SSSR count). The number of carbonyl (C=O) groups excluding carboxylic acids is 1. The number of ether oxygens (including phenoxy) is 1. The van der Waals surface area contributed by atoms with E-state index in [2.05, 4.69) is 21.9 Å². The fourth-order valence-electron chi connectivity index (χ4n) is 4.13. The van der Waals surface area contributed by atoms with Crippen molar-refractivity contribution >= 4 is 5.91 Å². The minimum absolute atomic E-state index is 0.0997. The van der Waals surface area contributed by atoms with Gasteiger partial charge in [0.2, 0.25) is 0 Å². The van der Waals surface area contributed by atoms with Crippen molar-refractivity contribution in [2.75, 3.05) is 33.3 Å². The van der Waals surface area contributed by atoms with E-state index in [1.165, 1.54) is 0 Å². The molecule has 6 heteroatoms. The second-order valence-corrected chi connectivity index (χ2v) is 7.45. The monoisotopic (exact) mass is 352 g/mol. The van der Waals surface area contributed by atoms with Gasteiger partial charge in [0.25, 0.3) is 5.91 Å². The van der Waals surface area contributed by atoms with Crippen LogP contribution >= 0.6 is 0 Å². The molecule has 0 radical (unpaired) electrons. The van der Waals surface area contributed by atoms with E-state index in [0.29, 0.717) is 18.1 Å². The van der Waals surface area contributed by atoms with Gasteiger partial charge in [-0.05, 0) is 43.1 Å². The van der Waals surface area contributed by atoms with Gasteiger partial charge in [0, 0.05) is 50.0 Å². The Balaban J connectivity index is 1.27. The first-order valence-corrected chi connectivity index (χ1v) is 9.03.